The van der Waals surface area contributed by atoms with E-state index in [4.69, 9.17) is 4.74 Å². The fourth-order valence-electron chi connectivity index (χ4n) is 2.77. The molecule has 138 valence electrons. The molecule has 0 aromatic heterocycles. The Kier molecular flexibility index (Phi) is 5.59. The fraction of sp³-hybridized carbons (Fsp3) is 0.150. The van der Waals surface area contributed by atoms with Gasteiger partial charge in [0, 0.05) is 3.57 Å². The number of halogens is 1. The van der Waals surface area contributed by atoms with E-state index in [-0.39, 0.29) is 5.57 Å². The molecular formula is C20H17IN2O4. The van der Waals surface area contributed by atoms with E-state index < -0.39 is 17.8 Å². The predicted molar refractivity (Wildman–Crippen MR) is 111 cm³/mol. The minimum absolute atomic E-state index is 0.109. The lowest BCUT2D eigenvalue weighted by atomic mass is 10.1. The molecule has 0 spiro atoms. The van der Waals surface area contributed by atoms with Crippen LogP contribution in [0, 0.1) is 10.5 Å². The number of nitrogens with one attached hydrogen (secondary N) is 1. The van der Waals surface area contributed by atoms with Crippen LogP contribution >= 0.6 is 22.6 Å². The van der Waals surface area contributed by atoms with Crippen LogP contribution in [0.2, 0.25) is 0 Å². The molecule has 3 rings (SSSR count). The summed E-state index contributed by atoms with van der Waals surface area (Å²) in [5, 5.41) is 2.24. The molecule has 1 heterocycles. The van der Waals surface area contributed by atoms with E-state index in [0.717, 1.165) is 14.0 Å². The quantitative estimate of drug-likeness (QED) is 0.415. The van der Waals surface area contributed by atoms with Crippen LogP contribution in [0.1, 0.15) is 18.1 Å². The Balaban J connectivity index is 2.03. The minimum atomic E-state index is -0.755. The van der Waals surface area contributed by atoms with Gasteiger partial charge in [-0.25, -0.2) is 9.69 Å². The molecule has 27 heavy (non-hydrogen) atoms. The average molecular weight is 476 g/mol. The second-order valence-electron chi connectivity index (χ2n) is 5.90. The van der Waals surface area contributed by atoms with Gasteiger partial charge in [-0.05, 0) is 77.9 Å². The van der Waals surface area contributed by atoms with Crippen LogP contribution in [-0.2, 0) is 9.59 Å². The summed E-state index contributed by atoms with van der Waals surface area (Å²) < 4.78 is 6.41. The molecule has 1 aliphatic heterocycles. The van der Waals surface area contributed by atoms with Gasteiger partial charge in [0.25, 0.3) is 11.8 Å². The maximum atomic E-state index is 12.9. The van der Waals surface area contributed by atoms with E-state index in [1.165, 1.54) is 6.08 Å². The normalized spacial score (nSPS) is 15.9. The largest absolute Gasteiger partial charge is 0.494 e. The number of rotatable bonds is 4. The van der Waals surface area contributed by atoms with Crippen LogP contribution in [0.3, 0.4) is 0 Å². The zero-order valence-electron chi connectivity index (χ0n) is 14.8. The Morgan fingerprint density at radius 2 is 1.89 bits per heavy atom. The number of amides is 4. The van der Waals surface area contributed by atoms with Crippen LogP contribution in [-0.4, -0.2) is 24.5 Å². The first-order valence-electron chi connectivity index (χ1n) is 8.31. The molecule has 0 unspecified atom stereocenters. The monoisotopic (exact) mass is 476 g/mol. The van der Waals surface area contributed by atoms with Gasteiger partial charge in [-0.2, -0.15) is 0 Å². The van der Waals surface area contributed by atoms with E-state index >= 15 is 0 Å². The van der Waals surface area contributed by atoms with E-state index in [0.29, 0.717) is 23.6 Å². The smallest absolute Gasteiger partial charge is 0.335 e. The number of para-hydroxylation sites is 1. The lowest BCUT2D eigenvalue weighted by Gasteiger charge is -2.27. The third-order valence-electron chi connectivity index (χ3n) is 3.97. The Bertz CT molecular complexity index is 968. The second kappa shape index (κ2) is 7.91. The van der Waals surface area contributed by atoms with Gasteiger partial charge in [-0.3, -0.25) is 14.9 Å². The standard InChI is InChI=1S/C20H17IN2O4/c1-3-27-15-9-13(8-14(21)11-15)10-16-18(24)22-20(26)23(19(16)25)17-7-5-4-6-12(17)2/h4-11H,3H2,1-2H3,(H,22,24,26)/b16-10+. The van der Waals surface area contributed by atoms with Crippen LogP contribution in [0.4, 0.5) is 10.5 Å². The van der Waals surface area contributed by atoms with Crippen molar-refractivity contribution in [1.29, 1.82) is 0 Å². The molecule has 4 amide bonds. The highest BCUT2D eigenvalue weighted by Gasteiger charge is 2.37. The molecule has 1 fully saturated rings. The molecule has 6 nitrogen and oxygen atoms in total. The number of benzene rings is 2. The first kappa shape index (κ1) is 19.1. The van der Waals surface area contributed by atoms with Crippen LogP contribution < -0.4 is 15.0 Å². The summed E-state index contributed by atoms with van der Waals surface area (Å²) >= 11 is 2.14. The summed E-state index contributed by atoms with van der Waals surface area (Å²) in [6.07, 6.45) is 1.47. The van der Waals surface area contributed by atoms with E-state index in [1.54, 1.807) is 31.2 Å². The number of ether oxygens (including phenoxy) is 1. The highest BCUT2D eigenvalue weighted by atomic mass is 127. The molecule has 2 aromatic rings. The van der Waals surface area contributed by atoms with Crippen molar-refractivity contribution in [3.63, 3.8) is 0 Å². The molecule has 0 radical (unpaired) electrons. The number of carbonyl (C=O) groups excluding carboxylic acids is 3. The summed E-state index contributed by atoms with van der Waals surface area (Å²) in [4.78, 5) is 38.5. The van der Waals surface area contributed by atoms with Gasteiger partial charge in [-0.15, -0.1) is 0 Å². The molecular weight excluding hydrogens is 459 g/mol. The van der Waals surface area contributed by atoms with Crippen LogP contribution in [0.15, 0.2) is 48.0 Å². The summed E-state index contributed by atoms with van der Waals surface area (Å²) in [5.74, 6) is -0.728. The summed E-state index contributed by atoms with van der Waals surface area (Å²) in [7, 11) is 0. The lowest BCUT2D eigenvalue weighted by molar-refractivity contribution is -0.122. The Labute approximate surface area is 170 Å². The summed E-state index contributed by atoms with van der Waals surface area (Å²) in [6.45, 7) is 4.18. The number of aryl methyl sites for hydroxylation is 1. The van der Waals surface area contributed by atoms with Crippen LogP contribution in [0.25, 0.3) is 6.08 Å². The Morgan fingerprint density at radius 3 is 2.59 bits per heavy atom. The van der Waals surface area contributed by atoms with Crippen molar-refractivity contribution in [3.8, 4) is 5.75 Å². The number of imide groups is 2. The number of anilines is 1. The van der Waals surface area contributed by atoms with Gasteiger partial charge in [-0.1, -0.05) is 18.2 Å². The van der Waals surface area contributed by atoms with Crippen molar-refractivity contribution in [3.05, 3.63) is 62.7 Å². The van der Waals surface area contributed by atoms with Gasteiger partial charge in [0.2, 0.25) is 0 Å². The molecule has 1 saturated heterocycles. The zero-order valence-corrected chi connectivity index (χ0v) is 16.9. The fourth-order valence-corrected chi connectivity index (χ4v) is 3.44. The van der Waals surface area contributed by atoms with E-state index in [9.17, 15) is 14.4 Å². The van der Waals surface area contributed by atoms with Crippen molar-refractivity contribution in [2.75, 3.05) is 11.5 Å². The summed E-state index contributed by atoms with van der Waals surface area (Å²) in [6, 6.07) is 11.7. The van der Waals surface area contributed by atoms with Crippen molar-refractivity contribution < 1.29 is 19.1 Å². The lowest BCUT2D eigenvalue weighted by Crippen LogP contribution is -2.54. The third kappa shape index (κ3) is 4.02. The van der Waals surface area contributed by atoms with Gasteiger partial charge in [0.15, 0.2) is 0 Å². The summed E-state index contributed by atoms with van der Waals surface area (Å²) in [5.41, 5.74) is 1.73. The number of barbiturate groups is 1. The van der Waals surface area contributed by atoms with E-state index in [2.05, 4.69) is 27.9 Å². The van der Waals surface area contributed by atoms with Crippen molar-refractivity contribution in [2.24, 2.45) is 0 Å². The highest BCUT2D eigenvalue weighted by molar-refractivity contribution is 14.1. The molecule has 0 atom stereocenters. The van der Waals surface area contributed by atoms with Gasteiger partial charge < -0.3 is 4.74 Å². The minimum Gasteiger partial charge on any atom is -0.494 e. The molecule has 1 N–H and O–H groups in total. The number of hydrogen-bond donors (Lipinski definition) is 1. The molecule has 2 aromatic carbocycles. The van der Waals surface area contributed by atoms with Gasteiger partial charge in [0.1, 0.15) is 11.3 Å². The maximum Gasteiger partial charge on any atom is 0.335 e. The van der Waals surface area contributed by atoms with Crippen molar-refractivity contribution in [2.45, 2.75) is 13.8 Å². The highest BCUT2D eigenvalue weighted by Crippen LogP contribution is 2.26. The SMILES string of the molecule is CCOc1cc(I)cc(/C=C2\C(=O)NC(=O)N(c3ccccc3C)C2=O)c1. The van der Waals surface area contributed by atoms with Gasteiger partial charge >= 0.3 is 6.03 Å². The number of hydrogen-bond acceptors (Lipinski definition) is 4. The molecule has 0 saturated carbocycles. The topological polar surface area (TPSA) is 75.7 Å². The molecule has 7 heteroatoms. The third-order valence-corrected chi connectivity index (χ3v) is 4.60. The van der Waals surface area contributed by atoms with Crippen molar-refractivity contribution in [1.82, 2.24) is 5.32 Å². The average Bonchev–Trinajstić information content (AvgIpc) is 2.60. The molecule has 1 aliphatic rings. The van der Waals surface area contributed by atoms with E-state index in [1.807, 2.05) is 25.1 Å². The predicted octanol–water partition coefficient (Wildman–Crippen LogP) is 3.66. The number of carbonyl (C=O) groups is 3. The first-order valence-corrected chi connectivity index (χ1v) is 9.39. The molecule has 0 aliphatic carbocycles. The zero-order chi connectivity index (χ0) is 19.6. The Hall–Kier alpha value is -2.68. The number of urea groups is 1. The molecule has 0 bridgehead atoms. The maximum absolute atomic E-state index is 12.9. The Morgan fingerprint density at radius 1 is 1.15 bits per heavy atom. The first-order chi connectivity index (χ1) is 12.9. The van der Waals surface area contributed by atoms with Gasteiger partial charge in [0.05, 0.1) is 12.3 Å². The van der Waals surface area contributed by atoms with Crippen molar-refractivity contribution >= 4 is 52.2 Å². The number of nitrogens with zero attached hydrogens (tertiary/aromatic N) is 1. The second-order valence-corrected chi connectivity index (χ2v) is 7.14. The van der Waals surface area contributed by atoms with Crippen LogP contribution in [0.5, 0.6) is 5.75 Å².